The van der Waals surface area contributed by atoms with Crippen LogP contribution in [0, 0.1) is 0 Å². The monoisotopic (exact) mass is 397 g/mol. The maximum atomic E-state index is 12.7. The number of hydrogen-bond acceptors (Lipinski definition) is 7. The van der Waals surface area contributed by atoms with Crippen molar-refractivity contribution in [2.24, 2.45) is 0 Å². The minimum Gasteiger partial charge on any atom is -0.493 e. The summed E-state index contributed by atoms with van der Waals surface area (Å²) in [5, 5.41) is 12.2. The summed E-state index contributed by atoms with van der Waals surface area (Å²) in [6, 6.07) is 9.40. The first-order chi connectivity index (χ1) is 14.2. The molecule has 1 aromatic heterocycles. The lowest BCUT2D eigenvalue weighted by molar-refractivity contribution is -0.132. The Balaban J connectivity index is 1.46. The molecule has 2 aliphatic heterocycles. The molecular weight excluding hydrogens is 370 g/mol. The number of piperazine rings is 1. The highest BCUT2D eigenvalue weighted by Crippen LogP contribution is 2.31. The maximum absolute atomic E-state index is 12.7. The summed E-state index contributed by atoms with van der Waals surface area (Å²) in [5.41, 5.74) is 1.67. The van der Waals surface area contributed by atoms with Crippen LogP contribution in [0.1, 0.15) is 12.8 Å². The SMILES string of the molecule is COc1ccc(-c2ccc(N3CCNC(C(=O)N4CCCC4)C3)nn2)cc1OC. The smallest absolute Gasteiger partial charge is 0.241 e. The van der Waals surface area contributed by atoms with Crippen molar-refractivity contribution >= 4 is 11.7 Å². The maximum Gasteiger partial charge on any atom is 0.241 e. The molecular formula is C21H27N5O3. The Kier molecular flexibility index (Phi) is 5.80. The molecule has 2 fully saturated rings. The Morgan fingerprint density at radius 2 is 1.83 bits per heavy atom. The zero-order valence-electron chi connectivity index (χ0n) is 16.9. The minimum absolute atomic E-state index is 0.186. The van der Waals surface area contributed by atoms with E-state index in [0.717, 1.165) is 56.1 Å². The first-order valence-electron chi connectivity index (χ1n) is 10.0. The first kappa shape index (κ1) is 19.4. The topological polar surface area (TPSA) is 79.8 Å². The van der Waals surface area contributed by atoms with E-state index in [9.17, 15) is 4.79 Å². The van der Waals surface area contributed by atoms with Crippen LogP contribution in [0.3, 0.4) is 0 Å². The van der Waals surface area contributed by atoms with Gasteiger partial charge in [0, 0.05) is 38.3 Å². The molecule has 2 aromatic rings. The number of methoxy groups -OCH3 is 2. The molecule has 0 spiro atoms. The Morgan fingerprint density at radius 1 is 1.03 bits per heavy atom. The normalized spacial score (nSPS) is 19.3. The number of amides is 1. The molecule has 154 valence electrons. The van der Waals surface area contributed by atoms with Crippen molar-refractivity contribution in [2.45, 2.75) is 18.9 Å². The number of anilines is 1. The van der Waals surface area contributed by atoms with Gasteiger partial charge in [-0.25, -0.2) is 0 Å². The number of aromatic nitrogens is 2. The van der Waals surface area contributed by atoms with Crippen molar-refractivity contribution in [1.82, 2.24) is 20.4 Å². The summed E-state index contributed by atoms with van der Waals surface area (Å²) in [6.45, 7) is 3.91. The summed E-state index contributed by atoms with van der Waals surface area (Å²) in [5.74, 6) is 2.31. The highest BCUT2D eigenvalue weighted by atomic mass is 16.5. The van der Waals surface area contributed by atoms with Crippen molar-refractivity contribution in [1.29, 1.82) is 0 Å². The Bertz CT molecular complexity index is 852. The molecule has 1 N–H and O–H groups in total. The molecule has 2 aliphatic rings. The van der Waals surface area contributed by atoms with Gasteiger partial charge in [0.1, 0.15) is 6.04 Å². The van der Waals surface area contributed by atoms with Gasteiger partial charge in [-0.3, -0.25) is 4.79 Å². The van der Waals surface area contributed by atoms with E-state index in [1.54, 1.807) is 14.2 Å². The van der Waals surface area contributed by atoms with Crippen molar-refractivity contribution in [3.8, 4) is 22.8 Å². The Labute approximate surface area is 170 Å². The lowest BCUT2D eigenvalue weighted by Gasteiger charge is -2.35. The highest BCUT2D eigenvalue weighted by Gasteiger charge is 2.30. The van der Waals surface area contributed by atoms with Crippen LogP contribution in [-0.4, -0.2) is 74.0 Å². The van der Waals surface area contributed by atoms with Crippen LogP contribution >= 0.6 is 0 Å². The standard InChI is InChI=1S/C21H27N5O3/c1-28-18-7-5-15(13-19(18)29-2)16-6-8-20(24-23-16)26-12-9-22-17(14-26)21(27)25-10-3-4-11-25/h5-8,13,17,22H,3-4,9-12,14H2,1-2H3. The van der Waals surface area contributed by atoms with Crippen LogP contribution in [0.4, 0.5) is 5.82 Å². The van der Waals surface area contributed by atoms with Crippen LogP contribution in [0.5, 0.6) is 11.5 Å². The van der Waals surface area contributed by atoms with Crippen LogP contribution in [0.25, 0.3) is 11.3 Å². The third-order valence-corrected chi connectivity index (χ3v) is 5.55. The molecule has 0 bridgehead atoms. The van der Waals surface area contributed by atoms with Gasteiger partial charge in [-0.1, -0.05) is 0 Å². The average molecular weight is 397 g/mol. The van der Waals surface area contributed by atoms with E-state index >= 15 is 0 Å². The summed E-state index contributed by atoms with van der Waals surface area (Å²) in [4.78, 5) is 16.8. The largest absolute Gasteiger partial charge is 0.493 e. The Morgan fingerprint density at radius 3 is 2.52 bits per heavy atom. The predicted molar refractivity (Wildman–Crippen MR) is 110 cm³/mol. The number of rotatable bonds is 5. The fourth-order valence-corrected chi connectivity index (χ4v) is 3.92. The second kappa shape index (κ2) is 8.65. The molecule has 1 amide bonds. The first-order valence-corrected chi connectivity index (χ1v) is 10.0. The summed E-state index contributed by atoms with van der Waals surface area (Å²) < 4.78 is 10.7. The van der Waals surface area contributed by atoms with E-state index in [2.05, 4.69) is 20.4 Å². The predicted octanol–water partition coefficient (Wildman–Crippen LogP) is 1.56. The van der Waals surface area contributed by atoms with Gasteiger partial charge in [0.15, 0.2) is 17.3 Å². The van der Waals surface area contributed by atoms with Gasteiger partial charge in [0.2, 0.25) is 5.91 Å². The van der Waals surface area contributed by atoms with Crippen LogP contribution in [0.15, 0.2) is 30.3 Å². The van der Waals surface area contributed by atoms with Gasteiger partial charge in [-0.05, 0) is 43.2 Å². The van der Waals surface area contributed by atoms with Gasteiger partial charge in [-0.15, -0.1) is 10.2 Å². The van der Waals surface area contributed by atoms with Gasteiger partial charge in [0.05, 0.1) is 19.9 Å². The summed E-state index contributed by atoms with van der Waals surface area (Å²) in [7, 11) is 3.22. The van der Waals surface area contributed by atoms with Crippen molar-refractivity contribution in [2.75, 3.05) is 51.8 Å². The van der Waals surface area contributed by atoms with E-state index in [1.807, 2.05) is 35.2 Å². The molecule has 4 rings (SSSR count). The molecule has 8 nitrogen and oxygen atoms in total. The molecule has 3 heterocycles. The number of ether oxygens (including phenoxy) is 2. The zero-order valence-corrected chi connectivity index (χ0v) is 16.9. The fourth-order valence-electron chi connectivity index (χ4n) is 3.92. The Hall–Kier alpha value is -2.87. The zero-order chi connectivity index (χ0) is 20.2. The number of carbonyl (C=O) groups excluding carboxylic acids is 1. The molecule has 1 unspecified atom stereocenters. The van der Waals surface area contributed by atoms with E-state index < -0.39 is 0 Å². The lowest BCUT2D eigenvalue weighted by Crippen LogP contribution is -2.57. The van der Waals surface area contributed by atoms with Gasteiger partial charge in [-0.2, -0.15) is 0 Å². The fraction of sp³-hybridized carbons (Fsp3) is 0.476. The molecule has 0 saturated carbocycles. The molecule has 29 heavy (non-hydrogen) atoms. The molecule has 1 atom stereocenters. The number of benzene rings is 1. The number of nitrogens with zero attached hydrogens (tertiary/aromatic N) is 4. The van der Waals surface area contributed by atoms with Crippen molar-refractivity contribution in [3.63, 3.8) is 0 Å². The summed E-state index contributed by atoms with van der Waals surface area (Å²) in [6.07, 6.45) is 2.20. The molecule has 2 saturated heterocycles. The van der Waals surface area contributed by atoms with E-state index in [0.29, 0.717) is 18.0 Å². The number of hydrogen-bond donors (Lipinski definition) is 1. The summed E-state index contributed by atoms with van der Waals surface area (Å²) >= 11 is 0. The van der Waals surface area contributed by atoms with Crippen LogP contribution < -0.4 is 19.7 Å². The third-order valence-electron chi connectivity index (χ3n) is 5.55. The second-order valence-electron chi connectivity index (χ2n) is 7.33. The highest BCUT2D eigenvalue weighted by molar-refractivity contribution is 5.83. The number of nitrogens with one attached hydrogen (secondary N) is 1. The van der Waals surface area contributed by atoms with Crippen molar-refractivity contribution < 1.29 is 14.3 Å². The molecule has 0 radical (unpaired) electrons. The lowest BCUT2D eigenvalue weighted by atomic mass is 10.1. The number of likely N-dealkylation sites (tertiary alicyclic amines) is 1. The molecule has 0 aliphatic carbocycles. The van der Waals surface area contributed by atoms with Gasteiger partial charge < -0.3 is 24.6 Å². The molecule has 1 aromatic carbocycles. The van der Waals surface area contributed by atoms with Gasteiger partial charge in [0.25, 0.3) is 0 Å². The van der Waals surface area contributed by atoms with E-state index in [1.165, 1.54) is 0 Å². The van der Waals surface area contributed by atoms with E-state index in [-0.39, 0.29) is 11.9 Å². The number of carbonyl (C=O) groups is 1. The van der Waals surface area contributed by atoms with E-state index in [4.69, 9.17) is 9.47 Å². The van der Waals surface area contributed by atoms with Crippen molar-refractivity contribution in [3.05, 3.63) is 30.3 Å². The van der Waals surface area contributed by atoms with Crippen LogP contribution in [0.2, 0.25) is 0 Å². The quantitative estimate of drug-likeness (QED) is 0.820. The third kappa shape index (κ3) is 4.12. The van der Waals surface area contributed by atoms with Gasteiger partial charge >= 0.3 is 0 Å². The second-order valence-corrected chi connectivity index (χ2v) is 7.33. The average Bonchev–Trinajstić information content (AvgIpc) is 3.33. The van der Waals surface area contributed by atoms with Crippen LogP contribution in [-0.2, 0) is 4.79 Å². The molecule has 8 heteroatoms. The minimum atomic E-state index is -0.186.